The van der Waals surface area contributed by atoms with E-state index >= 15 is 0 Å². The molecule has 0 bridgehead atoms. The summed E-state index contributed by atoms with van der Waals surface area (Å²) in [5.41, 5.74) is 1.86. The first-order chi connectivity index (χ1) is 15.2. The lowest BCUT2D eigenvalue weighted by Gasteiger charge is -2.59. The van der Waals surface area contributed by atoms with Crippen LogP contribution in [0.4, 0.5) is 0 Å². The molecular weight excluding hydrogens is 444 g/mol. The van der Waals surface area contributed by atoms with Crippen LogP contribution in [0.5, 0.6) is 0 Å². The number of hydrogen-bond donors (Lipinski definition) is 0. The van der Waals surface area contributed by atoms with Gasteiger partial charge in [-0.25, -0.2) is 0 Å². The highest BCUT2D eigenvalue weighted by Gasteiger charge is 2.61. The van der Waals surface area contributed by atoms with Crippen LogP contribution < -0.4 is 0 Å². The van der Waals surface area contributed by atoms with E-state index in [2.05, 4.69) is 52.3 Å². The van der Waals surface area contributed by atoms with Crippen LogP contribution in [-0.2, 0) is 18.4 Å². The second-order valence-electron chi connectivity index (χ2n) is 13.7. The fourth-order valence-electron chi connectivity index (χ4n) is 8.10. The Bertz CT molecular complexity index is 782. The molecule has 188 valence electrons. The molecule has 0 aromatic carbocycles. The zero-order valence-corrected chi connectivity index (χ0v) is 24.5. The fraction of sp³-hybridized carbons (Fsp3) is 0.889. The molecule has 33 heavy (non-hydrogen) atoms. The highest BCUT2D eigenvalue weighted by molar-refractivity contribution is 6.70. The molecule has 2 unspecified atom stereocenters. The van der Waals surface area contributed by atoms with Crippen LogP contribution >= 0.6 is 0 Å². The Morgan fingerprint density at radius 3 is 2.30 bits per heavy atom. The molecule has 0 amide bonds. The van der Waals surface area contributed by atoms with Crippen LogP contribution in [0.1, 0.15) is 65.2 Å². The van der Waals surface area contributed by atoms with Gasteiger partial charge in [0.05, 0.1) is 6.10 Å². The molecular formula is C27H48O4Si2. The molecule has 4 nitrogen and oxygen atoms in total. The summed E-state index contributed by atoms with van der Waals surface area (Å²) in [6.45, 7) is 18.5. The summed E-state index contributed by atoms with van der Waals surface area (Å²) in [5, 5.41) is 0. The molecule has 0 aromatic heterocycles. The van der Waals surface area contributed by atoms with Gasteiger partial charge in [0.2, 0.25) is 0 Å². The van der Waals surface area contributed by atoms with Gasteiger partial charge in [-0.15, -0.1) is 0 Å². The van der Waals surface area contributed by atoms with Gasteiger partial charge < -0.3 is 13.6 Å². The average molecular weight is 493 g/mol. The van der Waals surface area contributed by atoms with Gasteiger partial charge in [-0.1, -0.05) is 18.6 Å². The predicted octanol–water partition coefficient (Wildman–Crippen LogP) is 6.93. The van der Waals surface area contributed by atoms with E-state index in [9.17, 15) is 4.79 Å². The second-order valence-corrected chi connectivity index (χ2v) is 22.6. The molecule has 0 spiro atoms. The van der Waals surface area contributed by atoms with Crippen molar-refractivity contribution in [2.75, 3.05) is 6.61 Å². The minimum Gasteiger partial charge on any atom is -0.465 e. The van der Waals surface area contributed by atoms with E-state index < -0.39 is 16.6 Å². The summed E-state index contributed by atoms with van der Waals surface area (Å²) in [7, 11) is -3.14. The number of esters is 1. The van der Waals surface area contributed by atoms with E-state index in [0.29, 0.717) is 36.1 Å². The standard InChI is InChI=1S/C27H48O4Si2/c1-19(28)29-18-27-16-13-21(30-32(3,4)5)17-20(27)9-10-22-23-11-12-25(31-33(6,7)8)26(23,2)15-14-24(22)27/h9,21-25H,10-18H2,1-8H3/t21?,22-,23-,24+,25?,26-,27+/m0/s1. The Morgan fingerprint density at radius 2 is 1.67 bits per heavy atom. The van der Waals surface area contributed by atoms with Gasteiger partial charge in [0.15, 0.2) is 16.6 Å². The number of allylic oxidation sites excluding steroid dienone is 1. The van der Waals surface area contributed by atoms with Crippen molar-refractivity contribution in [3.63, 3.8) is 0 Å². The van der Waals surface area contributed by atoms with Crippen molar-refractivity contribution in [2.24, 2.45) is 28.6 Å². The molecule has 3 fully saturated rings. The molecule has 0 saturated heterocycles. The molecule has 3 saturated carbocycles. The van der Waals surface area contributed by atoms with E-state index in [0.717, 1.165) is 25.2 Å². The van der Waals surface area contributed by atoms with Crippen molar-refractivity contribution < 1.29 is 18.4 Å². The summed E-state index contributed by atoms with van der Waals surface area (Å²) in [5.74, 6) is 1.89. The van der Waals surface area contributed by atoms with Gasteiger partial charge in [-0.05, 0) is 114 Å². The third-order valence-electron chi connectivity index (χ3n) is 9.24. The minimum atomic E-state index is -1.57. The molecule has 4 rings (SSSR count). The maximum atomic E-state index is 11.9. The lowest BCUT2D eigenvalue weighted by molar-refractivity contribution is -0.150. The van der Waals surface area contributed by atoms with Crippen molar-refractivity contribution in [1.82, 2.24) is 0 Å². The van der Waals surface area contributed by atoms with Crippen molar-refractivity contribution in [2.45, 2.75) is 117 Å². The first kappa shape index (κ1) is 25.7. The largest absolute Gasteiger partial charge is 0.465 e. The quantitative estimate of drug-likeness (QED) is 0.229. The van der Waals surface area contributed by atoms with E-state index in [4.69, 9.17) is 13.6 Å². The lowest BCUT2D eigenvalue weighted by Crippen LogP contribution is -2.55. The smallest absolute Gasteiger partial charge is 0.302 e. The number of carbonyl (C=O) groups is 1. The maximum absolute atomic E-state index is 11.9. The van der Waals surface area contributed by atoms with Crippen LogP contribution in [-0.4, -0.2) is 41.4 Å². The molecule has 4 aliphatic carbocycles. The van der Waals surface area contributed by atoms with Gasteiger partial charge in [0, 0.05) is 18.4 Å². The Labute approximate surface area is 204 Å². The van der Waals surface area contributed by atoms with E-state index in [1.165, 1.54) is 37.7 Å². The summed E-state index contributed by atoms with van der Waals surface area (Å²) in [6.07, 6.45) is 12.7. The number of rotatable bonds is 6. The molecule has 0 aliphatic heterocycles. The van der Waals surface area contributed by atoms with E-state index in [-0.39, 0.29) is 11.4 Å². The highest BCUT2D eigenvalue weighted by atomic mass is 28.4. The van der Waals surface area contributed by atoms with Gasteiger partial charge in [-0.2, -0.15) is 0 Å². The van der Waals surface area contributed by atoms with Crippen LogP contribution in [0.2, 0.25) is 39.3 Å². The number of ether oxygens (including phenoxy) is 1. The van der Waals surface area contributed by atoms with Gasteiger partial charge >= 0.3 is 5.97 Å². The summed E-state index contributed by atoms with van der Waals surface area (Å²) in [6, 6.07) is 0. The van der Waals surface area contributed by atoms with Gasteiger partial charge in [-0.3, -0.25) is 4.79 Å². The van der Waals surface area contributed by atoms with Crippen LogP contribution in [0.3, 0.4) is 0 Å². The highest BCUT2D eigenvalue weighted by Crippen LogP contribution is 2.65. The normalized spacial score (nSPS) is 41.0. The van der Waals surface area contributed by atoms with Crippen molar-refractivity contribution in [1.29, 1.82) is 0 Å². The Kier molecular flexibility index (Phi) is 6.92. The van der Waals surface area contributed by atoms with E-state index in [1.807, 2.05) is 0 Å². The SMILES string of the molecule is CC(=O)OC[C@]12CCC(O[Si](C)(C)C)CC1=CC[C@@H]1[C@H]2CC[C@]2(C)C(O[Si](C)(C)C)CC[C@@H]12. The first-order valence-electron chi connectivity index (χ1n) is 13.4. The van der Waals surface area contributed by atoms with Crippen molar-refractivity contribution in [3.05, 3.63) is 11.6 Å². The summed E-state index contributed by atoms with van der Waals surface area (Å²) >= 11 is 0. The minimum absolute atomic E-state index is 0.0208. The molecule has 6 heteroatoms. The monoisotopic (exact) mass is 492 g/mol. The Balaban J connectivity index is 1.61. The number of carbonyl (C=O) groups excluding carboxylic acids is 1. The van der Waals surface area contributed by atoms with Crippen LogP contribution in [0.15, 0.2) is 11.6 Å². The topological polar surface area (TPSA) is 44.8 Å². The zero-order valence-electron chi connectivity index (χ0n) is 22.5. The van der Waals surface area contributed by atoms with Gasteiger partial charge in [0.1, 0.15) is 6.61 Å². The third kappa shape index (κ3) is 5.10. The summed E-state index contributed by atoms with van der Waals surface area (Å²) in [4.78, 5) is 11.9. The molecule has 7 atom stereocenters. The predicted molar refractivity (Wildman–Crippen MR) is 139 cm³/mol. The Hall–Kier alpha value is -0.436. The summed E-state index contributed by atoms with van der Waals surface area (Å²) < 4.78 is 19.1. The van der Waals surface area contributed by atoms with E-state index in [1.54, 1.807) is 6.92 Å². The number of hydrogen-bond acceptors (Lipinski definition) is 4. The lowest BCUT2D eigenvalue weighted by atomic mass is 9.47. The molecule has 4 aliphatic rings. The molecule has 0 N–H and O–H groups in total. The third-order valence-corrected chi connectivity index (χ3v) is 11.3. The second kappa shape index (κ2) is 8.90. The van der Waals surface area contributed by atoms with Crippen LogP contribution in [0, 0.1) is 28.6 Å². The van der Waals surface area contributed by atoms with Crippen molar-refractivity contribution in [3.8, 4) is 0 Å². The number of fused-ring (bicyclic) bond motifs is 5. The Morgan fingerprint density at radius 1 is 0.970 bits per heavy atom. The van der Waals surface area contributed by atoms with Crippen LogP contribution in [0.25, 0.3) is 0 Å². The van der Waals surface area contributed by atoms with Crippen molar-refractivity contribution >= 4 is 22.6 Å². The average Bonchev–Trinajstić information content (AvgIpc) is 3.00. The molecule has 0 aromatic rings. The fourth-order valence-corrected chi connectivity index (χ4v) is 10.5. The van der Waals surface area contributed by atoms with Gasteiger partial charge in [0.25, 0.3) is 0 Å². The zero-order chi connectivity index (χ0) is 24.2. The molecule has 0 heterocycles. The maximum Gasteiger partial charge on any atom is 0.302 e. The first-order valence-corrected chi connectivity index (χ1v) is 20.2. The molecule has 0 radical (unpaired) electrons.